The van der Waals surface area contributed by atoms with E-state index in [0.29, 0.717) is 6.42 Å². The van der Waals surface area contributed by atoms with E-state index in [9.17, 15) is 19.2 Å². The highest BCUT2D eigenvalue weighted by Crippen LogP contribution is 2.06. The van der Waals surface area contributed by atoms with Gasteiger partial charge in [0.05, 0.1) is 6.04 Å². The first-order valence-corrected chi connectivity index (χ1v) is 10.1. The van der Waals surface area contributed by atoms with E-state index in [-0.39, 0.29) is 41.1 Å². The molecule has 156 valence electrons. The largest absolute Gasteiger partial charge is 0.346 e. The molecule has 0 saturated carbocycles. The number of amides is 1. The van der Waals surface area contributed by atoms with Gasteiger partial charge in [-0.05, 0) is 44.8 Å². The van der Waals surface area contributed by atoms with E-state index in [1.54, 1.807) is 0 Å². The third kappa shape index (κ3) is 16.1. The molecule has 0 aliphatic heterocycles. The van der Waals surface area contributed by atoms with Crippen LogP contribution in [0.4, 0.5) is 0 Å². The molecule has 5 heteroatoms. The van der Waals surface area contributed by atoms with Crippen LogP contribution in [0.5, 0.6) is 0 Å². The summed E-state index contributed by atoms with van der Waals surface area (Å²) in [5.74, 6) is 0.189. The van der Waals surface area contributed by atoms with Gasteiger partial charge in [-0.2, -0.15) is 0 Å². The minimum Gasteiger partial charge on any atom is -0.346 e. The van der Waals surface area contributed by atoms with Gasteiger partial charge in [0.25, 0.3) is 0 Å². The van der Waals surface area contributed by atoms with Crippen LogP contribution >= 0.6 is 0 Å². The van der Waals surface area contributed by atoms with Crippen LogP contribution in [-0.4, -0.2) is 29.3 Å². The first kappa shape index (κ1) is 27.4. The summed E-state index contributed by atoms with van der Waals surface area (Å²) < 4.78 is 0. The summed E-state index contributed by atoms with van der Waals surface area (Å²) in [7, 11) is 0. The lowest BCUT2D eigenvalue weighted by atomic mass is 10.0. The Hall–Kier alpha value is -1.78. The second-order valence-electron chi connectivity index (χ2n) is 7.37. The fourth-order valence-corrected chi connectivity index (χ4v) is 2.26. The minimum absolute atomic E-state index is 0.00463. The van der Waals surface area contributed by atoms with Gasteiger partial charge in [-0.3, -0.25) is 19.2 Å². The Morgan fingerprint density at radius 1 is 0.889 bits per heavy atom. The summed E-state index contributed by atoms with van der Waals surface area (Å²) in [5.41, 5.74) is 0. The molecule has 0 aliphatic carbocycles. The van der Waals surface area contributed by atoms with Crippen molar-refractivity contribution in [3.05, 3.63) is 12.2 Å². The normalized spacial score (nSPS) is 12.9. The van der Waals surface area contributed by atoms with Crippen molar-refractivity contribution in [2.75, 3.05) is 0 Å². The lowest BCUT2D eigenvalue weighted by Crippen LogP contribution is -2.43. The van der Waals surface area contributed by atoms with Crippen LogP contribution in [0.15, 0.2) is 12.2 Å². The van der Waals surface area contributed by atoms with E-state index in [1.165, 1.54) is 38.8 Å². The molecule has 0 aliphatic rings. The summed E-state index contributed by atoms with van der Waals surface area (Å²) in [6.07, 6.45) is 8.39. The highest BCUT2D eigenvalue weighted by Gasteiger charge is 2.19. The molecule has 0 saturated heterocycles. The predicted octanol–water partition coefficient (Wildman–Crippen LogP) is 4.43. The van der Waals surface area contributed by atoms with Crippen LogP contribution in [-0.2, 0) is 19.2 Å². The van der Waals surface area contributed by atoms with Crippen LogP contribution in [0.3, 0.4) is 0 Å². The molecule has 1 N–H and O–H groups in total. The molecular formula is C22H39NO4. The molecule has 0 radical (unpaired) electrons. The number of nitrogens with one attached hydrogen (secondary N) is 1. The van der Waals surface area contributed by atoms with Gasteiger partial charge in [0, 0.05) is 12.3 Å². The average molecular weight is 382 g/mol. The first-order valence-electron chi connectivity index (χ1n) is 10.1. The van der Waals surface area contributed by atoms with Gasteiger partial charge in [-0.15, -0.1) is 0 Å². The highest BCUT2D eigenvalue weighted by molar-refractivity contribution is 5.98. The number of Topliss-reactive ketones (excluding diaryl/α,β-unsaturated/α-hetero) is 1. The van der Waals surface area contributed by atoms with Crippen molar-refractivity contribution in [2.24, 2.45) is 11.8 Å². The molecule has 0 aromatic heterocycles. The topological polar surface area (TPSA) is 80.3 Å². The SMILES string of the molecule is CCC(C)C(=O)/C=C\C(C)=O.CCCCCCC(=O)NC(C(C)=O)C(C)C. The molecule has 2 atom stereocenters. The van der Waals surface area contributed by atoms with Crippen molar-refractivity contribution in [3.63, 3.8) is 0 Å². The van der Waals surface area contributed by atoms with Gasteiger partial charge >= 0.3 is 0 Å². The second-order valence-corrected chi connectivity index (χ2v) is 7.37. The fraction of sp³-hybridized carbons (Fsp3) is 0.727. The van der Waals surface area contributed by atoms with Crippen LogP contribution in [0.25, 0.3) is 0 Å². The summed E-state index contributed by atoms with van der Waals surface area (Å²) in [6, 6.07) is -0.321. The summed E-state index contributed by atoms with van der Waals surface area (Å²) in [5, 5.41) is 2.80. The molecular weight excluding hydrogens is 342 g/mol. The number of rotatable bonds is 12. The number of hydrogen-bond acceptors (Lipinski definition) is 4. The van der Waals surface area contributed by atoms with Crippen molar-refractivity contribution in [3.8, 4) is 0 Å². The lowest BCUT2D eigenvalue weighted by molar-refractivity contribution is -0.127. The molecule has 0 heterocycles. The number of carbonyl (C=O) groups excluding carboxylic acids is 4. The zero-order chi connectivity index (χ0) is 21.4. The maximum atomic E-state index is 11.6. The lowest BCUT2D eigenvalue weighted by Gasteiger charge is -2.19. The van der Waals surface area contributed by atoms with Gasteiger partial charge in [-0.1, -0.05) is 53.9 Å². The number of hydrogen-bond donors (Lipinski definition) is 1. The molecule has 0 spiro atoms. The maximum absolute atomic E-state index is 11.6. The highest BCUT2D eigenvalue weighted by atomic mass is 16.2. The standard InChI is InChI=1S/C13H25NO2.C9H14O2/c1-5-6-7-8-9-12(16)14-13(10(2)3)11(4)15;1-4-7(2)9(11)6-5-8(3)10/h10,13H,5-9H2,1-4H3,(H,14,16);5-7H,4H2,1-3H3/b;6-5-. The Balaban J connectivity index is 0. The van der Waals surface area contributed by atoms with Gasteiger partial charge in [-0.25, -0.2) is 0 Å². The monoisotopic (exact) mass is 381 g/mol. The molecule has 5 nitrogen and oxygen atoms in total. The van der Waals surface area contributed by atoms with Crippen molar-refractivity contribution in [2.45, 2.75) is 93.0 Å². The zero-order valence-corrected chi connectivity index (χ0v) is 18.3. The molecule has 0 aromatic carbocycles. The molecule has 1 amide bonds. The number of allylic oxidation sites excluding steroid dienone is 2. The van der Waals surface area contributed by atoms with Crippen molar-refractivity contribution >= 4 is 23.3 Å². The smallest absolute Gasteiger partial charge is 0.220 e. The predicted molar refractivity (Wildman–Crippen MR) is 110 cm³/mol. The fourth-order valence-electron chi connectivity index (χ4n) is 2.26. The van der Waals surface area contributed by atoms with Crippen LogP contribution in [0.2, 0.25) is 0 Å². The van der Waals surface area contributed by atoms with Gasteiger partial charge in [0.15, 0.2) is 17.3 Å². The Morgan fingerprint density at radius 2 is 1.48 bits per heavy atom. The molecule has 0 fully saturated rings. The van der Waals surface area contributed by atoms with E-state index < -0.39 is 0 Å². The third-order valence-electron chi connectivity index (χ3n) is 4.26. The molecule has 2 unspecified atom stereocenters. The summed E-state index contributed by atoms with van der Waals surface area (Å²) in [6.45, 7) is 12.8. The van der Waals surface area contributed by atoms with Crippen molar-refractivity contribution in [1.29, 1.82) is 0 Å². The van der Waals surface area contributed by atoms with Gasteiger partial charge < -0.3 is 5.32 Å². The molecule has 0 aromatic rings. The minimum atomic E-state index is -0.321. The van der Waals surface area contributed by atoms with E-state index in [2.05, 4.69) is 12.2 Å². The Labute approximate surface area is 165 Å². The van der Waals surface area contributed by atoms with E-state index in [1.807, 2.05) is 27.7 Å². The average Bonchev–Trinajstić information content (AvgIpc) is 2.60. The number of unbranched alkanes of at least 4 members (excludes halogenated alkanes) is 3. The molecule has 0 rings (SSSR count). The number of carbonyl (C=O) groups is 4. The van der Waals surface area contributed by atoms with E-state index in [0.717, 1.165) is 19.3 Å². The van der Waals surface area contributed by atoms with Crippen LogP contribution in [0, 0.1) is 11.8 Å². The van der Waals surface area contributed by atoms with Crippen LogP contribution in [0.1, 0.15) is 87.0 Å². The van der Waals surface area contributed by atoms with E-state index in [4.69, 9.17) is 0 Å². The maximum Gasteiger partial charge on any atom is 0.220 e. The van der Waals surface area contributed by atoms with Gasteiger partial charge in [0.1, 0.15) is 0 Å². The number of ketones is 3. The molecule has 27 heavy (non-hydrogen) atoms. The first-order chi connectivity index (χ1) is 12.6. The Morgan fingerprint density at radius 3 is 1.89 bits per heavy atom. The van der Waals surface area contributed by atoms with Crippen molar-refractivity contribution in [1.82, 2.24) is 5.32 Å². The zero-order valence-electron chi connectivity index (χ0n) is 18.3. The van der Waals surface area contributed by atoms with E-state index >= 15 is 0 Å². The van der Waals surface area contributed by atoms with Gasteiger partial charge in [0.2, 0.25) is 5.91 Å². The third-order valence-corrected chi connectivity index (χ3v) is 4.26. The van der Waals surface area contributed by atoms with Crippen LogP contribution < -0.4 is 5.32 Å². The van der Waals surface area contributed by atoms with Crippen molar-refractivity contribution < 1.29 is 19.2 Å². The Kier molecular flexibility index (Phi) is 16.7. The summed E-state index contributed by atoms with van der Waals surface area (Å²) >= 11 is 0. The summed E-state index contributed by atoms with van der Waals surface area (Å²) in [4.78, 5) is 44.3. The molecule has 0 bridgehead atoms. The quantitative estimate of drug-likeness (QED) is 0.400. The second kappa shape index (κ2) is 16.4. The Bertz CT molecular complexity index is 495.